The van der Waals surface area contributed by atoms with Gasteiger partial charge in [0.15, 0.2) is 17.6 Å². The number of esters is 1. The van der Waals surface area contributed by atoms with Crippen molar-refractivity contribution in [1.29, 1.82) is 0 Å². The zero-order valence-electron chi connectivity index (χ0n) is 12.0. The second kappa shape index (κ2) is 7.50. The average molecular weight is 347 g/mol. The fourth-order valence-electron chi connectivity index (χ4n) is 1.61. The van der Waals surface area contributed by atoms with Crippen LogP contribution in [0.4, 0.5) is 0 Å². The normalized spacial score (nSPS) is 12.2. The summed E-state index contributed by atoms with van der Waals surface area (Å²) >= 11 is 3.32. The van der Waals surface area contributed by atoms with Crippen LogP contribution in [0.5, 0.6) is 11.5 Å². The van der Waals surface area contributed by atoms with E-state index in [1.165, 1.54) is 7.11 Å². The summed E-state index contributed by atoms with van der Waals surface area (Å²) in [7, 11) is 1.50. The van der Waals surface area contributed by atoms with E-state index in [1.54, 1.807) is 19.1 Å². The van der Waals surface area contributed by atoms with Crippen molar-refractivity contribution in [3.05, 3.63) is 22.2 Å². The lowest BCUT2D eigenvalue weighted by Crippen LogP contribution is -2.16. The molecule has 112 valence electrons. The van der Waals surface area contributed by atoms with Crippen LogP contribution in [0.1, 0.15) is 32.4 Å². The molecule has 1 rings (SSSR count). The molecule has 0 aliphatic heterocycles. The molecule has 0 fully saturated rings. The first-order chi connectivity index (χ1) is 9.40. The highest BCUT2D eigenvalue weighted by molar-refractivity contribution is 9.10. The standard InChI is InChI=1S/C14H19BrO5/c1-5-19-14(17)13(16)9-6-11(18-4)12(7-10(9)15)20-8(2)3/h6-8,13,16H,5H2,1-4H3. The molecule has 0 aliphatic rings. The highest BCUT2D eigenvalue weighted by atomic mass is 79.9. The Labute approximate surface area is 127 Å². The lowest BCUT2D eigenvalue weighted by molar-refractivity contribution is -0.153. The average Bonchev–Trinajstić information content (AvgIpc) is 2.38. The third-order valence-electron chi connectivity index (χ3n) is 2.45. The van der Waals surface area contributed by atoms with Crippen molar-refractivity contribution in [3.63, 3.8) is 0 Å². The smallest absolute Gasteiger partial charge is 0.339 e. The van der Waals surface area contributed by atoms with E-state index in [-0.39, 0.29) is 12.7 Å². The van der Waals surface area contributed by atoms with Crippen LogP contribution in [0.15, 0.2) is 16.6 Å². The lowest BCUT2D eigenvalue weighted by Gasteiger charge is -2.17. The fourth-order valence-corrected chi connectivity index (χ4v) is 2.15. The minimum atomic E-state index is -1.37. The molecule has 0 bridgehead atoms. The zero-order chi connectivity index (χ0) is 15.3. The highest BCUT2D eigenvalue weighted by Crippen LogP contribution is 2.37. The Morgan fingerprint density at radius 2 is 2.00 bits per heavy atom. The topological polar surface area (TPSA) is 65.0 Å². The third-order valence-corrected chi connectivity index (χ3v) is 3.14. The van der Waals surface area contributed by atoms with Gasteiger partial charge >= 0.3 is 5.97 Å². The SMILES string of the molecule is CCOC(=O)C(O)c1cc(OC)c(OC(C)C)cc1Br. The van der Waals surface area contributed by atoms with E-state index >= 15 is 0 Å². The second-order valence-corrected chi connectivity index (χ2v) is 5.20. The minimum Gasteiger partial charge on any atom is -0.493 e. The number of carbonyl (C=O) groups is 1. The largest absolute Gasteiger partial charge is 0.493 e. The molecular weight excluding hydrogens is 328 g/mol. The third kappa shape index (κ3) is 4.11. The molecule has 1 aromatic carbocycles. The molecule has 1 unspecified atom stereocenters. The predicted octanol–water partition coefficient (Wildman–Crippen LogP) is 2.84. The molecule has 0 saturated carbocycles. The minimum absolute atomic E-state index is 0.0170. The van der Waals surface area contributed by atoms with Gasteiger partial charge < -0.3 is 19.3 Å². The van der Waals surface area contributed by atoms with Gasteiger partial charge in [-0.1, -0.05) is 15.9 Å². The molecule has 0 spiro atoms. The number of ether oxygens (including phenoxy) is 3. The summed E-state index contributed by atoms with van der Waals surface area (Å²) in [5.74, 6) is 0.280. The summed E-state index contributed by atoms with van der Waals surface area (Å²) < 4.78 is 16.2. The Hall–Kier alpha value is -1.27. The molecule has 0 aromatic heterocycles. The van der Waals surface area contributed by atoms with E-state index in [1.807, 2.05) is 13.8 Å². The van der Waals surface area contributed by atoms with Crippen LogP contribution >= 0.6 is 15.9 Å². The van der Waals surface area contributed by atoms with Gasteiger partial charge in [0, 0.05) is 10.0 Å². The molecule has 5 nitrogen and oxygen atoms in total. The van der Waals surface area contributed by atoms with Gasteiger partial charge in [0.25, 0.3) is 0 Å². The van der Waals surface area contributed by atoms with Crippen molar-refractivity contribution in [2.45, 2.75) is 33.0 Å². The molecular formula is C14H19BrO5. The molecule has 1 atom stereocenters. The van der Waals surface area contributed by atoms with Crippen LogP contribution in [-0.4, -0.2) is 30.9 Å². The van der Waals surface area contributed by atoms with Crippen LogP contribution in [-0.2, 0) is 9.53 Å². The number of aliphatic hydroxyl groups is 1. The molecule has 0 amide bonds. The van der Waals surface area contributed by atoms with Gasteiger partial charge in [0.2, 0.25) is 0 Å². The molecule has 0 aliphatic carbocycles. The number of halogens is 1. The summed E-state index contributed by atoms with van der Waals surface area (Å²) in [5, 5.41) is 9.99. The highest BCUT2D eigenvalue weighted by Gasteiger charge is 2.23. The van der Waals surface area contributed by atoms with Crippen LogP contribution in [0.2, 0.25) is 0 Å². The Bertz CT molecular complexity index is 473. The molecule has 20 heavy (non-hydrogen) atoms. The van der Waals surface area contributed by atoms with E-state index in [4.69, 9.17) is 14.2 Å². The van der Waals surface area contributed by atoms with Crippen molar-refractivity contribution >= 4 is 21.9 Å². The van der Waals surface area contributed by atoms with Gasteiger partial charge in [-0.25, -0.2) is 4.79 Å². The maximum absolute atomic E-state index is 11.6. The number of rotatable bonds is 6. The number of benzene rings is 1. The van der Waals surface area contributed by atoms with Gasteiger partial charge in [0.05, 0.1) is 19.8 Å². The number of carbonyl (C=O) groups excluding carboxylic acids is 1. The first kappa shape index (κ1) is 16.8. The van der Waals surface area contributed by atoms with E-state index in [9.17, 15) is 9.90 Å². The Balaban J connectivity index is 3.13. The maximum Gasteiger partial charge on any atom is 0.339 e. The zero-order valence-corrected chi connectivity index (χ0v) is 13.6. The van der Waals surface area contributed by atoms with E-state index in [0.717, 1.165) is 0 Å². The number of hydrogen-bond donors (Lipinski definition) is 1. The van der Waals surface area contributed by atoms with Gasteiger partial charge in [0.1, 0.15) is 0 Å². The number of aliphatic hydroxyl groups excluding tert-OH is 1. The molecule has 1 N–H and O–H groups in total. The lowest BCUT2D eigenvalue weighted by atomic mass is 10.1. The fraction of sp³-hybridized carbons (Fsp3) is 0.500. The summed E-state index contributed by atoms with van der Waals surface area (Å²) in [5.41, 5.74) is 0.372. The van der Waals surface area contributed by atoms with Crippen molar-refractivity contribution in [2.75, 3.05) is 13.7 Å². The molecule has 6 heteroatoms. The van der Waals surface area contributed by atoms with E-state index < -0.39 is 12.1 Å². The van der Waals surface area contributed by atoms with Gasteiger partial charge in [-0.2, -0.15) is 0 Å². The predicted molar refractivity (Wildman–Crippen MR) is 78.1 cm³/mol. The summed E-state index contributed by atoms with van der Waals surface area (Å²) in [6.07, 6.45) is -1.39. The molecule has 1 aromatic rings. The van der Waals surface area contributed by atoms with Gasteiger partial charge in [-0.05, 0) is 32.9 Å². The monoisotopic (exact) mass is 346 g/mol. The summed E-state index contributed by atoms with van der Waals surface area (Å²) in [6.45, 7) is 5.68. The van der Waals surface area contributed by atoms with Crippen LogP contribution < -0.4 is 9.47 Å². The Kier molecular flexibility index (Phi) is 6.29. The second-order valence-electron chi connectivity index (χ2n) is 4.35. The van der Waals surface area contributed by atoms with Gasteiger partial charge in [-0.3, -0.25) is 0 Å². The van der Waals surface area contributed by atoms with Crippen molar-refractivity contribution in [1.82, 2.24) is 0 Å². The molecule has 0 heterocycles. The Morgan fingerprint density at radius 3 is 2.50 bits per heavy atom. The van der Waals surface area contributed by atoms with Crippen molar-refractivity contribution in [3.8, 4) is 11.5 Å². The summed E-state index contributed by atoms with van der Waals surface area (Å²) in [4.78, 5) is 11.6. The molecule has 0 radical (unpaired) electrons. The molecule has 0 saturated heterocycles. The summed E-state index contributed by atoms with van der Waals surface area (Å²) in [6, 6.07) is 3.22. The maximum atomic E-state index is 11.6. The number of methoxy groups -OCH3 is 1. The van der Waals surface area contributed by atoms with Crippen LogP contribution in [0.25, 0.3) is 0 Å². The number of hydrogen-bond acceptors (Lipinski definition) is 5. The first-order valence-electron chi connectivity index (χ1n) is 6.29. The van der Waals surface area contributed by atoms with E-state index in [0.29, 0.717) is 21.5 Å². The quantitative estimate of drug-likeness (QED) is 0.802. The Morgan fingerprint density at radius 1 is 1.35 bits per heavy atom. The van der Waals surface area contributed by atoms with Crippen molar-refractivity contribution in [2.24, 2.45) is 0 Å². The first-order valence-corrected chi connectivity index (χ1v) is 7.08. The van der Waals surface area contributed by atoms with Gasteiger partial charge in [-0.15, -0.1) is 0 Å². The van der Waals surface area contributed by atoms with E-state index in [2.05, 4.69) is 15.9 Å². The van der Waals surface area contributed by atoms with Crippen molar-refractivity contribution < 1.29 is 24.1 Å². The van der Waals surface area contributed by atoms with Crippen LogP contribution in [0, 0.1) is 0 Å². The van der Waals surface area contributed by atoms with Crippen LogP contribution in [0.3, 0.4) is 0 Å².